The second-order valence-electron chi connectivity index (χ2n) is 6.49. The van der Waals surface area contributed by atoms with Crippen LogP contribution in [0.5, 0.6) is 5.75 Å². The van der Waals surface area contributed by atoms with E-state index in [2.05, 4.69) is 0 Å². The molecule has 1 saturated heterocycles. The molecule has 5 nitrogen and oxygen atoms in total. The minimum atomic E-state index is -4.48. The Kier molecular flexibility index (Phi) is 5.32. The number of rotatable bonds is 3. The molecule has 1 aromatic rings. The summed E-state index contributed by atoms with van der Waals surface area (Å²) in [5, 5.41) is 2.40. The van der Waals surface area contributed by atoms with Gasteiger partial charge in [-0.1, -0.05) is 11.6 Å². The van der Waals surface area contributed by atoms with Gasteiger partial charge < -0.3 is 15.0 Å². The van der Waals surface area contributed by atoms with E-state index in [0.29, 0.717) is 36.6 Å². The number of fused-ring (bicyclic) bond motifs is 1. The predicted octanol–water partition coefficient (Wildman–Crippen LogP) is 2.56. The molecule has 0 saturated carbocycles. The lowest BCUT2D eigenvalue weighted by molar-refractivity contribution is -0.147. The smallest absolute Gasteiger partial charge is 0.405 e. The molecule has 0 radical (unpaired) electrons. The second-order valence-corrected chi connectivity index (χ2v) is 6.92. The Bertz CT molecular complexity index is 711. The molecule has 0 aliphatic carbocycles. The molecule has 2 aliphatic heterocycles. The third kappa shape index (κ3) is 4.23. The van der Waals surface area contributed by atoms with E-state index in [1.165, 1.54) is 4.90 Å². The van der Waals surface area contributed by atoms with Crippen molar-refractivity contribution in [1.82, 2.24) is 10.2 Å². The lowest BCUT2D eigenvalue weighted by Gasteiger charge is -2.31. The number of hydrogen-bond acceptors (Lipinski definition) is 3. The van der Waals surface area contributed by atoms with Gasteiger partial charge in [-0.15, -0.1) is 0 Å². The Balaban J connectivity index is 1.66. The van der Waals surface area contributed by atoms with Gasteiger partial charge in [0.25, 0.3) is 0 Å². The average Bonchev–Trinajstić information content (AvgIpc) is 3.07. The number of carbonyl (C=O) groups is 2. The van der Waals surface area contributed by atoms with Gasteiger partial charge in [0.15, 0.2) is 0 Å². The van der Waals surface area contributed by atoms with Crippen molar-refractivity contribution in [2.24, 2.45) is 5.92 Å². The Labute approximate surface area is 153 Å². The number of carbonyl (C=O) groups excluding carboxylic acids is 2. The van der Waals surface area contributed by atoms with E-state index in [9.17, 15) is 22.8 Å². The lowest BCUT2D eigenvalue weighted by Crippen LogP contribution is -2.50. The summed E-state index contributed by atoms with van der Waals surface area (Å²) in [6, 6.07) is 4.30. The van der Waals surface area contributed by atoms with Crippen molar-refractivity contribution in [3.63, 3.8) is 0 Å². The normalized spacial score (nSPS) is 22.5. The highest BCUT2D eigenvalue weighted by Crippen LogP contribution is 2.31. The lowest BCUT2D eigenvalue weighted by atomic mass is 9.95. The van der Waals surface area contributed by atoms with Crippen molar-refractivity contribution in [1.29, 1.82) is 0 Å². The number of likely N-dealkylation sites (tertiary alicyclic amines) is 1. The Morgan fingerprint density at radius 1 is 1.35 bits per heavy atom. The fourth-order valence-electron chi connectivity index (χ4n) is 3.36. The number of ether oxygens (including phenoxy) is 1. The third-order valence-corrected chi connectivity index (χ3v) is 4.81. The van der Waals surface area contributed by atoms with E-state index in [4.69, 9.17) is 16.3 Å². The molecule has 0 bridgehead atoms. The topological polar surface area (TPSA) is 58.6 Å². The summed E-state index contributed by atoms with van der Waals surface area (Å²) in [6.45, 7) is -0.883. The van der Waals surface area contributed by atoms with Crippen molar-refractivity contribution < 1.29 is 27.5 Å². The fraction of sp³-hybridized carbons (Fsp3) is 0.529. The third-order valence-electron chi connectivity index (χ3n) is 4.58. The monoisotopic (exact) mass is 390 g/mol. The first-order chi connectivity index (χ1) is 12.2. The van der Waals surface area contributed by atoms with Crippen LogP contribution < -0.4 is 10.1 Å². The fourth-order valence-corrected chi connectivity index (χ4v) is 3.56. The Morgan fingerprint density at radius 2 is 2.12 bits per heavy atom. The number of alkyl halides is 3. The van der Waals surface area contributed by atoms with E-state index < -0.39 is 30.6 Å². The summed E-state index contributed by atoms with van der Waals surface area (Å²) in [7, 11) is 0. The molecule has 26 heavy (non-hydrogen) atoms. The van der Waals surface area contributed by atoms with Gasteiger partial charge in [0, 0.05) is 11.6 Å². The van der Waals surface area contributed by atoms with Gasteiger partial charge in [0.05, 0.1) is 5.92 Å². The SMILES string of the molecule is O=C(NCC(F)(F)F)C1CCCN1C(=O)C1COc2ccc(Cl)cc2C1. The zero-order valence-electron chi connectivity index (χ0n) is 13.8. The summed E-state index contributed by atoms with van der Waals surface area (Å²) in [5.41, 5.74) is 0.805. The predicted molar refractivity (Wildman–Crippen MR) is 87.9 cm³/mol. The van der Waals surface area contributed by atoms with Gasteiger partial charge in [-0.05, 0) is 43.0 Å². The summed E-state index contributed by atoms with van der Waals surface area (Å²) in [4.78, 5) is 26.3. The van der Waals surface area contributed by atoms with Crippen molar-refractivity contribution in [3.8, 4) is 5.75 Å². The summed E-state index contributed by atoms with van der Waals surface area (Å²) in [6.07, 6.45) is -3.14. The summed E-state index contributed by atoms with van der Waals surface area (Å²) < 4.78 is 42.5. The van der Waals surface area contributed by atoms with E-state index in [0.717, 1.165) is 5.56 Å². The highest BCUT2D eigenvalue weighted by atomic mass is 35.5. The van der Waals surface area contributed by atoms with E-state index in [-0.39, 0.29) is 12.5 Å². The molecular weight excluding hydrogens is 373 g/mol. The molecule has 2 amide bonds. The first-order valence-electron chi connectivity index (χ1n) is 8.31. The average molecular weight is 391 g/mol. The molecular formula is C17H18ClF3N2O3. The van der Waals surface area contributed by atoms with Crippen LogP contribution in [0.25, 0.3) is 0 Å². The second kappa shape index (κ2) is 7.34. The van der Waals surface area contributed by atoms with E-state index >= 15 is 0 Å². The van der Waals surface area contributed by atoms with Crippen molar-refractivity contribution in [2.45, 2.75) is 31.5 Å². The number of benzene rings is 1. The van der Waals surface area contributed by atoms with Crippen LogP contribution in [0.3, 0.4) is 0 Å². The molecule has 142 valence electrons. The van der Waals surface area contributed by atoms with Crippen LogP contribution in [-0.2, 0) is 16.0 Å². The molecule has 0 aromatic heterocycles. The molecule has 9 heteroatoms. The maximum atomic E-state index is 12.8. The van der Waals surface area contributed by atoms with Crippen LogP contribution in [0.15, 0.2) is 18.2 Å². The molecule has 1 aromatic carbocycles. The van der Waals surface area contributed by atoms with Crippen LogP contribution in [0.1, 0.15) is 18.4 Å². The first-order valence-corrected chi connectivity index (χ1v) is 8.68. The van der Waals surface area contributed by atoms with Crippen LogP contribution in [0.4, 0.5) is 13.2 Å². The zero-order chi connectivity index (χ0) is 18.9. The Morgan fingerprint density at radius 3 is 2.85 bits per heavy atom. The van der Waals surface area contributed by atoms with Gasteiger partial charge in [-0.2, -0.15) is 13.2 Å². The van der Waals surface area contributed by atoms with Crippen LogP contribution in [0, 0.1) is 5.92 Å². The van der Waals surface area contributed by atoms with E-state index in [1.807, 2.05) is 5.32 Å². The standard InChI is InChI=1S/C17H18ClF3N2O3/c18-12-3-4-14-10(7-12)6-11(8-26-14)16(25)23-5-1-2-13(23)15(24)22-9-17(19,20)21/h3-4,7,11,13H,1-2,5-6,8-9H2,(H,22,24). The van der Waals surface area contributed by atoms with Gasteiger partial charge >= 0.3 is 6.18 Å². The van der Waals surface area contributed by atoms with Crippen LogP contribution in [-0.4, -0.2) is 48.6 Å². The molecule has 2 heterocycles. The van der Waals surface area contributed by atoms with Gasteiger partial charge in [-0.25, -0.2) is 0 Å². The van der Waals surface area contributed by atoms with Gasteiger partial charge in [0.2, 0.25) is 11.8 Å². The number of halogens is 4. The largest absolute Gasteiger partial charge is 0.492 e. The summed E-state index contributed by atoms with van der Waals surface area (Å²) in [5.74, 6) is -0.870. The molecule has 2 atom stereocenters. The minimum Gasteiger partial charge on any atom is -0.492 e. The Hall–Kier alpha value is -1.96. The van der Waals surface area contributed by atoms with E-state index in [1.54, 1.807) is 18.2 Å². The number of amides is 2. The first kappa shape index (κ1) is 18.8. The molecule has 1 N–H and O–H groups in total. The maximum Gasteiger partial charge on any atom is 0.405 e. The molecule has 1 fully saturated rings. The maximum absolute atomic E-state index is 12.8. The molecule has 3 rings (SSSR count). The minimum absolute atomic E-state index is 0.168. The number of nitrogens with zero attached hydrogens (tertiary/aromatic N) is 1. The highest BCUT2D eigenvalue weighted by molar-refractivity contribution is 6.30. The number of hydrogen-bond donors (Lipinski definition) is 1. The molecule has 2 unspecified atom stereocenters. The quantitative estimate of drug-likeness (QED) is 0.863. The van der Waals surface area contributed by atoms with Gasteiger partial charge in [-0.3, -0.25) is 9.59 Å². The highest BCUT2D eigenvalue weighted by Gasteiger charge is 2.39. The molecule has 2 aliphatic rings. The molecule has 0 spiro atoms. The van der Waals surface area contributed by atoms with Crippen molar-refractivity contribution in [2.75, 3.05) is 19.7 Å². The van der Waals surface area contributed by atoms with Crippen LogP contribution >= 0.6 is 11.6 Å². The van der Waals surface area contributed by atoms with Gasteiger partial charge in [0.1, 0.15) is 24.9 Å². The summed E-state index contributed by atoms with van der Waals surface area (Å²) >= 11 is 5.97. The zero-order valence-corrected chi connectivity index (χ0v) is 14.6. The van der Waals surface area contributed by atoms with Crippen molar-refractivity contribution in [3.05, 3.63) is 28.8 Å². The van der Waals surface area contributed by atoms with Crippen LogP contribution in [0.2, 0.25) is 5.02 Å². The number of nitrogens with one attached hydrogen (secondary N) is 1. The van der Waals surface area contributed by atoms with Crippen molar-refractivity contribution >= 4 is 23.4 Å².